The summed E-state index contributed by atoms with van der Waals surface area (Å²) in [5.41, 5.74) is 3.26. The molecule has 0 spiro atoms. The first kappa shape index (κ1) is 24.9. The van der Waals surface area contributed by atoms with E-state index in [0.29, 0.717) is 18.2 Å². The summed E-state index contributed by atoms with van der Waals surface area (Å²) in [6.45, 7) is 10.3. The Bertz CT molecular complexity index is 969. The van der Waals surface area contributed by atoms with Crippen LogP contribution in [0.3, 0.4) is 0 Å². The maximum atomic E-state index is 13.5. The fourth-order valence-corrected chi connectivity index (χ4v) is 4.99. The van der Waals surface area contributed by atoms with Gasteiger partial charge in [-0.05, 0) is 62.4 Å². The molecule has 0 bridgehead atoms. The van der Waals surface area contributed by atoms with Crippen molar-refractivity contribution in [1.29, 1.82) is 0 Å². The minimum Gasteiger partial charge on any atom is -0.354 e. The zero-order valence-corrected chi connectivity index (χ0v) is 20.3. The Hall–Kier alpha value is -2.34. The molecule has 0 aliphatic carbocycles. The van der Waals surface area contributed by atoms with Crippen molar-refractivity contribution >= 4 is 21.6 Å². The number of unbranched alkanes of at least 4 members (excludes halogenated alkanes) is 1. The predicted octanol–water partition coefficient (Wildman–Crippen LogP) is 5.14. The van der Waals surface area contributed by atoms with Crippen molar-refractivity contribution in [3.63, 3.8) is 0 Å². The van der Waals surface area contributed by atoms with Crippen molar-refractivity contribution < 1.29 is 13.2 Å². The molecule has 0 fully saturated rings. The first-order chi connectivity index (χ1) is 14.7. The van der Waals surface area contributed by atoms with Gasteiger partial charge < -0.3 is 5.32 Å². The third-order valence-corrected chi connectivity index (χ3v) is 7.43. The summed E-state index contributed by atoms with van der Waals surface area (Å²) in [5, 5.41) is 2.96. The van der Waals surface area contributed by atoms with Gasteiger partial charge in [-0.15, -0.1) is 0 Å². The van der Waals surface area contributed by atoms with E-state index in [1.54, 1.807) is 24.3 Å². The Morgan fingerprint density at radius 2 is 1.65 bits per heavy atom. The zero-order valence-electron chi connectivity index (χ0n) is 19.4. The van der Waals surface area contributed by atoms with Crippen LogP contribution in [0.25, 0.3) is 0 Å². The summed E-state index contributed by atoms with van der Waals surface area (Å²) in [5.74, 6) is 0.123. The molecule has 0 aliphatic heterocycles. The lowest BCUT2D eigenvalue weighted by molar-refractivity contribution is -0.119. The molecule has 0 heterocycles. The van der Waals surface area contributed by atoms with Gasteiger partial charge in [-0.2, -0.15) is 0 Å². The molecular weight excluding hydrogens is 408 g/mol. The normalized spacial score (nSPS) is 12.4. The summed E-state index contributed by atoms with van der Waals surface area (Å²) in [7, 11) is -3.89. The van der Waals surface area contributed by atoms with Crippen molar-refractivity contribution in [2.45, 2.75) is 65.2 Å². The average Bonchev–Trinajstić information content (AvgIpc) is 2.74. The first-order valence-corrected chi connectivity index (χ1v) is 12.6. The number of carbonyl (C=O) groups is 1. The second-order valence-electron chi connectivity index (χ2n) is 8.34. The number of benzene rings is 2. The summed E-state index contributed by atoms with van der Waals surface area (Å²) in [6.07, 6.45) is 4.31. The number of aryl methyl sites for hydroxylation is 3. The molecule has 5 nitrogen and oxygen atoms in total. The van der Waals surface area contributed by atoms with Crippen LogP contribution in [0.5, 0.6) is 0 Å². The molecule has 6 heteroatoms. The Balaban J connectivity index is 2.31. The topological polar surface area (TPSA) is 66.5 Å². The number of nitrogens with zero attached hydrogens (tertiary/aromatic N) is 1. The van der Waals surface area contributed by atoms with Gasteiger partial charge in [0.15, 0.2) is 0 Å². The van der Waals surface area contributed by atoms with Gasteiger partial charge in [-0.1, -0.05) is 62.9 Å². The highest BCUT2D eigenvalue weighted by atomic mass is 32.2. The zero-order chi connectivity index (χ0) is 23.0. The van der Waals surface area contributed by atoms with E-state index in [-0.39, 0.29) is 17.3 Å². The summed E-state index contributed by atoms with van der Waals surface area (Å²) in [6, 6.07) is 12.4. The van der Waals surface area contributed by atoms with E-state index in [1.807, 2.05) is 39.0 Å². The Labute approximate surface area is 187 Å². The standard InChI is InChI=1S/C25H36N2O3S/c1-6-8-9-22(7-2)17-26-25(28)18-27(24-16-20(4)10-13-21(24)5)31(29,30)23-14-11-19(3)12-15-23/h10-16,22H,6-9,17-18H2,1-5H3,(H,26,28)/t22-/m1/s1. The third-order valence-electron chi connectivity index (χ3n) is 5.66. The quantitative estimate of drug-likeness (QED) is 0.522. The molecule has 2 aromatic carbocycles. The number of amides is 1. The first-order valence-electron chi connectivity index (χ1n) is 11.1. The van der Waals surface area contributed by atoms with Gasteiger partial charge in [0.25, 0.3) is 10.0 Å². The minimum absolute atomic E-state index is 0.182. The Kier molecular flexibility index (Phi) is 9.11. The van der Waals surface area contributed by atoms with Gasteiger partial charge in [0.05, 0.1) is 10.6 Å². The van der Waals surface area contributed by atoms with Crippen LogP contribution in [0, 0.1) is 26.7 Å². The van der Waals surface area contributed by atoms with Gasteiger partial charge in [0.1, 0.15) is 6.54 Å². The number of rotatable bonds is 11. The highest BCUT2D eigenvalue weighted by Gasteiger charge is 2.28. The molecule has 31 heavy (non-hydrogen) atoms. The molecule has 1 amide bonds. The number of hydrogen-bond donors (Lipinski definition) is 1. The van der Waals surface area contributed by atoms with Crippen LogP contribution in [-0.4, -0.2) is 27.4 Å². The molecule has 0 aromatic heterocycles. The van der Waals surface area contributed by atoms with E-state index in [1.165, 1.54) is 4.31 Å². The van der Waals surface area contributed by atoms with Gasteiger partial charge in [-0.25, -0.2) is 8.42 Å². The number of carbonyl (C=O) groups excluding carboxylic acids is 1. The van der Waals surface area contributed by atoms with E-state index in [2.05, 4.69) is 19.2 Å². The molecule has 1 atom stereocenters. The number of anilines is 1. The number of sulfonamides is 1. The van der Waals surface area contributed by atoms with E-state index in [9.17, 15) is 13.2 Å². The second kappa shape index (κ2) is 11.3. The van der Waals surface area contributed by atoms with Crippen molar-refractivity contribution in [2.24, 2.45) is 5.92 Å². The largest absolute Gasteiger partial charge is 0.354 e. The molecule has 0 radical (unpaired) electrons. The molecular formula is C25H36N2O3S. The van der Waals surface area contributed by atoms with Crippen LogP contribution in [0.15, 0.2) is 47.4 Å². The lowest BCUT2D eigenvalue weighted by Crippen LogP contribution is -2.42. The van der Waals surface area contributed by atoms with Crippen molar-refractivity contribution in [2.75, 3.05) is 17.4 Å². The maximum absolute atomic E-state index is 13.5. The lowest BCUT2D eigenvalue weighted by atomic mass is 9.99. The summed E-state index contributed by atoms with van der Waals surface area (Å²) < 4.78 is 28.3. The molecule has 170 valence electrons. The van der Waals surface area contributed by atoms with Crippen molar-refractivity contribution in [1.82, 2.24) is 5.32 Å². The molecule has 0 saturated carbocycles. The fraction of sp³-hybridized carbons (Fsp3) is 0.480. The highest BCUT2D eigenvalue weighted by Crippen LogP contribution is 2.28. The third kappa shape index (κ3) is 6.82. The molecule has 2 aromatic rings. The lowest BCUT2D eigenvalue weighted by Gasteiger charge is -2.26. The van der Waals surface area contributed by atoms with E-state index < -0.39 is 10.0 Å². The van der Waals surface area contributed by atoms with Crippen LogP contribution in [-0.2, 0) is 14.8 Å². The predicted molar refractivity (Wildman–Crippen MR) is 128 cm³/mol. The summed E-state index contributed by atoms with van der Waals surface area (Å²) in [4.78, 5) is 13.0. The Morgan fingerprint density at radius 1 is 1.00 bits per heavy atom. The van der Waals surface area contributed by atoms with E-state index in [0.717, 1.165) is 42.4 Å². The highest BCUT2D eigenvalue weighted by molar-refractivity contribution is 7.92. The molecule has 0 saturated heterocycles. The summed E-state index contributed by atoms with van der Waals surface area (Å²) >= 11 is 0. The number of nitrogens with one attached hydrogen (secondary N) is 1. The van der Waals surface area contributed by atoms with Crippen LogP contribution in [0.2, 0.25) is 0 Å². The van der Waals surface area contributed by atoms with Gasteiger partial charge in [-0.3, -0.25) is 9.10 Å². The maximum Gasteiger partial charge on any atom is 0.264 e. The molecule has 1 N–H and O–H groups in total. The SMILES string of the molecule is CCCC[C@@H](CC)CNC(=O)CN(c1cc(C)ccc1C)S(=O)(=O)c1ccc(C)cc1. The fourth-order valence-electron chi connectivity index (χ4n) is 3.51. The van der Waals surface area contributed by atoms with E-state index >= 15 is 0 Å². The van der Waals surface area contributed by atoms with Gasteiger partial charge >= 0.3 is 0 Å². The van der Waals surface area contributed by atoms with Crippen molar-refractivity contribution in [3.8, 4) is 0 Å². The van der Waals surface area contributed by atoms with Gasteiger partial charge in [0.2, 0.25) is 5.91 Å². The van der Waals surface area contributed by atoms with Crippen molar-refractivity contribution in [3.05, 3.63) is 59.2 Å². The van der Waals surface area contributed by atoms with E-state index in [4.69, 9.17) is 0 Å². The Morgan fingerprint density at radius 3 is 2.26 bits per heavy atom. The van der Waals surface area contributed by atoms with Crippen LogP contribution in [0.4, 0.5) is 5.69 Å². The molecule has 2 rings (SSSR count). The number of hydrogen-bond acceptors (Lipinski definition) is 3. The average molecular weight is 445 g/mol. The molecule has 0 unspecified atom stereocenters. The van der Waals surface area contributed by atoms with Crippen LogP contribution >= 0.6 is 0 Å². The van der Waals surface area contributed by atoms with Crippen LogP contribution in [0.1, 0.15) is 56.2 Å². The monoisotopic (exact) mass is 444 g/mol. The molecule has 0 aliphatic rings. The minimum atomic E-state index is -3.89. The van der Waals surface area contributed by atoms with Crippen LogP contribution < -0.4 is 9.62 Å². The smallest absolute Gasteiger partial charge is 0.264 e. The second-order valence-corrected chi connectivity index (χ2v) is 10.2. The van der Waals surface area contributed by atoms with Gasteiger partial charge in [0, 0.05) is 6.54 Å².